The van der Waals surface area contributed by atoms with Gasteiger partial charge in [-0.3, -0.25) is 0 Å². The van der Waals surface area contributed by atoms with E-state index in [-0.39, 0.29) is 101 Å². The molecule has 0 N–H and O–H groups in total. The van der Waals surface area contributed by atoms with Crippen molar-refractivity contribution in [1.29, 1.82) is 0 Å². The van der Waals surface area contributed by atoms with Crippen LogP contribution in [0.4, 0.5) is 0 Å². The molecule has 5 radical (unpaired) electrons. The standard InChI is InChI=1S/2C16H12N.C13H12N.3C12H10N.5Ir.2H2/c2*1-12-5-4-7-14(11-12)16-15-8-3-2-6-13(15)9-10-17-16;1-10-4-3-5-12(8-10)13-7-6-11(2)9-14-13;2*1-10-5-4-6-11(9-10)12-7-2-3-8-13-12;1-10-7-8-12(13-9-10)11-5-3-2-4-6-11;;;;;;;/h2*2-6,8-11H,1H3;3-4,6-9H,1-2H3;3*2-5,7-9H,1H3;;;;;;2*1H/q6*-1;;;;;;;/i;;;;;;;;;;;2*1+1D. The Bertz CT molecular complexity index is 4240. The maximum Gasteiger partial charge on any atom is 0.0190 e. The molecule has 0 aliphatic heterocycles. The van der Waals surface area contributed by atoms with Crippen molar-refractivity contribution in [1.82, 2.24) is 29.9 Å². The van der Waals surface area contributed by atoms with Crippen LogP contribution in [-0.4, -0.2) is 29.9 Å². The van der Waals surface area contributed by atoms with Crippen molar-refractivity contribution in [3.8, 4) is 67.5 Å². The van der Waals surface area contributed by atoms with Crippen molar-refractivity contribution in [3.05, 3.63) is 349 Å². The SMILES string of the molecule is Cc1cc[c-]c(-c2ccccn2)c1.Cc1cc[c-]c(-c2ccccn2)c1.Cc1cc[c-]c(-c2nccc3ccccc23)c1.Cc1cc[c-]c(-c2nccc3ccccc23)c1.Cc1ccc(-c2[c-]ccc(C)c2)nc1.Cc1ccc(-c2[c-]cccc2)nc1.[2H][2H].[2H][2H].[Ir].[Ir].[Ir].[Ir].[Ir]. The zero-order chi connectivity index (χ0) is 64.6. The second-order valence-corrected chi connectivity index (χ2v) is 20.8. The van der Waals surface area contributed by atoms with Crippen molar-refractivity contribution in [3.63, 3.8) is 0 Å². The fraction of sp³-hybridized carbons (Fsp3) is 0.0864. The van der Waals surface area contributed by atoms with E-state index in [1.54, 1.807) is 12.4 Å². The minimum atomic E-state index is 0. The smallest absolute Gasteiger partial charge is 0.0190 e. The van der Waals surface area contributed by atoms with Crippen molar-refractivity contribution in [2.24, 2.45) is 0 Å². The molecule has 0 atom stereocenters. The predicted octanol–water partition coefficient (Wildman–Crippen LogP) is 20.2. The first-order valence-corrected chi connectivity index (χ1v) is 28.8. The Kier molecular flexibility index (Phi) is 32.3. The Balaban J connectivity index is 0.000000385. The topological polar surface area (TPSA) is 77.3 Å². The van der Waals surface area contributed by atoms with Gasteiger partial charge in [-0.05, 0) is 105 Å². The number of hydrogen-bond acceptors (Lipinski definition) is 6. The van der Waals surface area contributed by atoms with Gasteiger partial charge >= 0.3 is 0 Å². The van der Waals surface area contributed by atoms with Crippen LogP contribution in [0, 0.1) is 84.9 Å². The molecular weight excluding hydrogens is 2020 g/mol. The Morgan fingerprint density at radius 2 is 0.576 bits per heavy atom. The summed E-state index contributed by atoms with van der Waals surface area (Å²) in [6.07, 6.45) is 11.1. The van der Waals surface area contributed by atoms with Gasteiger partial charge in [-0.1, -0.05) is 132 Å². The second kappa shape index (κ2) is 40.4. The fourth-order valence-electron chi connectivity index (χ4n) is 9.14. The molecule has 6 nitrogen and oxygen atoms in total. The minimum absolute atomic E-state index is 0. The van der Waals surface area contributed by atoms with E-state index >= 15 is 0 Å². The van der Waals surface area contributed by atoms with Crippen LogP contribution in [0.25, 0.3) is 89.1 Å². The van der Waals surface area contributed by atoms with Gasteiger partial charge in [-0.25, -0.2) is 0 Å². The molecule has 0 spiro atoms. The molecule has 6 aromatic heterocycles. The summed E-state index contributed by atoms with van der Waals surface area (Å²) in [5.41, 5.74) is 20.8. The summed E-state index contributed by atoms with van der Waals surface area (Å²) in [6.45, 7) is 14.5. The summed E-state index contributed by atoms with van der Waals surface area (Å²) in [4.78, 5) is 26.2. The third-order valence-electron chi connectivity index (χ3n) is 13.6. The van der Waals surface area contributed by atoms with Crippen molar-refractivity contribution >= 4 is 21.5 Å². The minimum Gasteiger partial charge on any atom is -0.305 e. The molecule has 0 unspecified atom stereocenters. The molecule has 475 valence electrons. The molecule has 0 aliphatic carbocycles. The number of aromatic nitrogens is 6. The quantitative estimate of drug-likeness (QED) is 0.154. The van der Waals surface area contributed by atoms with Crippen LogP contribution in [0.15, 0.2) is 274 Å². The van der Waals surface area contributed by atoms with Gasteiger partial charge in [0.05, 0.1) is 0 Å². The first-order chi connectivity index (χ1) is 44.5. The van der Waals surface area contributed by atoms with Crippen LogP contribution >= 0.6 is 0 Å². The van der Waals surface area contributed by atoms with Crippen LogP contribution in [0.5, 0.6) is 0 Å². The van der Waals surface area contributed by atoms with Crippen LogP contribution < -0.4 is 0 Å². The largest absolute Gasteiger partial charge is 0.305 e. The van der Waals surface area contributed by atoms with Crippen molar-refractivity contribution in [2.75, 3.05) is 0 Å². The molecule has 6 heterocycles. The third-order valence-corrected chi connectivity index (χ3v) is 13.6. The van der Waals surface area contributed by atoms with Crippen LogP contribution in [0.2, 0.25) is 0 Å². The molecule has 0 saturated carbocycles. The summed E-state index contributed by atoms with van der Waals surface area (Å²) in [5, 5.41) is 4.79. The molecule has 11 heteroatoms. The van der Waals surface area contributed by atoms with Crippen LogP contribution in [-0.2, 0) is 101 Å². The summed E-state index contributed by atoms with van der Waals surface area (Å²) in [7, 11) is 0. The Hall–Kier alpha value is -7.57. The van der Waals surface area contributed by atoms with Gasteiger partial charge in [-0.2, -0.15) is 0 Å². The number of nitrogens with zero attached hydrogens (tertiary/aromatic N) is 6. The molecule has 0 amide bonds. The van der Waals surface area contributed by atoms with E-state index in [9.17, 15) is 0 Å². The Morgan fingerprint density at radius 1 is 0.250 bits per heavy atom. The number of rotatable bonds is 6. The van der Waals surface area contributed by atoms with Gasteiger partial charge in [0.2, 0.25) is 0 Å². The maximum atomic E-state index is 5.00. The van der Waals surface area contributed by atoms with E-state index in [1.165, 1.54) is 60.5 Å². The summed E-state index contributed by atoms with van der Waals surface area (Å²) in [5.74, 6) is 0. The molecule has 14 aromatic rings. The van der Waals surface area contributed by atoms with E-state index < -0.39 is 0 Å². The molecule has 8 aromatic carbocycles. The van der Waals surface area contributed by atoms with Gasteiger partial charge < -0.3 is 29.9 Å². The Labute approximate surface area is 617 Å². The number of benzene rings is 8. The molecule has 0 fully saturated rings. The van der Waals surface area contributed by atoms with Gasteiger partial charge in [0, 0.05) is 144 Å². The van der Waals surface area contributed by atoms with Gasteiger partial charge in [-0.15, -0.1) is 213 Å². The first-order valence-electron chi connectivity index (χ1n) is 30.8. The molecule has 0 aliphatic rings. The zero-order valence-electron chi connectivity index (χ0n) is 55.8. The second-order valence-electron chi connectivity index (χ2n) is 20.8. The third kappa shape index (κ3) is 23.5. The average Bonchev–Trinajstić information content (AvgIpc) is 0.833. The van der Waals surface area contributed by atoms with E-state index in [0.717, 1.165) is 67.5 Å². The number of fused-ring (bicyclic) bond motifs is 2. The summed E-state index contributed by atoms with van der Waals surface area (Å²) in [6, 6.07) is 98.1. The first kappa shape index (κ1) is 73.5. The van der Waals surface area contributed by atoms with Crippen LogP contribution in [0.3, 0.4) is 0 Å². The molecular formula is C81H70Ir5N6-6. The van der Waals surface area contributed by atoms with E-state index in [2.05, 4.69) is 180 Å². The van der Waals surface area contributed by atoms with Gasteiger partial charge in [0.1, 0.15) is 0 Å². The van der Waals surface area contributed by atoms with E-state index in [4.69, 9.17) is 5.94 Å². The van der Waals surface area contributed by atoms with E-state index in [1.807, 2.05) is 196 Å². The van der Waals surface area contributed by atoms with Gasteiger partial charge in [0.15, 0.2) is 0 Å². The molecule has 0 bridgehead atoms. The van der Waals surface area contributed by atoms with Crippen LogP contribution in [0.1, 0.15) is 44.9 Å². The molecule has 0 saturated heterocycles. The summed E-state index contributed by atoms with van der Waals surface area (Å²) < 4.78 is 20.0. The monoisotopic (exact) mass is 2100 g/mol. The normalized spacial score (nSPS) is 9.86. The molecule has 14 rings (SSSR count). The number of pyridine rings is 6. The Morgan fingerprint density at radius 3 is 0.913 bits per heavy atom. The predicted molar refractivity (Wildman–Crippen MR) is 363 cm³/mol. The van der Waals surface area contributed by atoms with Gasteiger partial charge in [0.25, 0.3) is 0 Å². The number of hydrogen-bond donors (Lipinski definition) is 0. The fourth-order valence-corrected chi connectivity index (χ4v) is 9.14. The maximum absolute atomic E-state index is 5.00. The molecule has 92 heavy (non-hydrogen) atoms. The number of aryl methyl sites for hydroxylation is 7. The zero-order valence-corrected chi connectivity index (χ0v) is 63.8. The van der Waals surface area contributed by atoms with E-state index in [0.29, 0.717) is 0 Å². The summed E-state index contributed by atoms with van der Waals surface area (Å²) >= 11 is 0. The average molecular weight is 2090 g/mol. The van der Waals surface area contributed by atoms with Crippen molar-refractivity contribution in [2.45, 2.75) is 48.5 Å². The van der Waals surface area contributed by atoms with Crippen molar-refractivity contribution < 1.29 is 106 Å².